The summed E-state index contributed by atoms with van der Waals surface area (Å²) in [5, 5.41) is 0. The molecule has 2 N–H and O–H groups in total. The Bertz CT molecular complexity index is 388. The van der Waals surface area contributed by atoms with Crippen molar-refractivity contribution in [3.8, 4) is 0 Å². The van der Waals surface area contributed by atoms with Gasteiger partial charge in [-0.25, -0.2) is 0 Å². The van der Waals surface area contributed by atoms with Crippen LogP contribution in [0.25, 0.3) is 0 Å². The van der Waals surface area contributed by atoms with Crippen LogP contribution in [0.15, 0.2) is 24.3 Å². The summed E-state index contributed by atoms with van der Waals surface area (Å²) in [5.41, 5.74) is 6.82. The number of rotatable bonds is 1. The second kappa shape index (κ2) is 5.95. The Morgan fingerprint density at radius 1 is 0.947 bits per heavy atom. The third-order valence-corrected chi connectivity index (χ3v) is 3.46. The van der Waals surface area contributed by atoms with Crippen molar-refractivity contribution in [2.45, 2.75) is 38.9 Å². The zero-order valence-corrected chi connectivity index (χ0v) is 12.7. The number of ether oxygens (including phenoxy) is 1. The molecule has 106 valence electrons. The van der Waals surface area contributed by atoms with Crippen molar-refractivity contribution in [3.05, 3.63) is 24.3 Å². The lowest BCUT2D eigenvalue weighted by Crippen LogP contribution is -2.41. The van der Waals surface area contributed by atoms with Gasteiger partial charge in [-0.05, 0) is 45.3 Å². The van der Waals surface area contributed by atoms with Crippen molar-refractivity contribution in [1.82, 2.24) is 0 Å². The molecule has 19 heavy (non-hydrogen) atoms. The van der Waals surface area contributed by atoms with E-state index in [1.54, 1.807) is 14.2 Å². The fourth-order valence-electron chi connectivity index (χ4n) is 1.63. The Balaban J connectivity index is 0.000000550. The third-order valence-electron chi connectivity index (χ3n) is 3.46. The second-order valence-corrected chi connectivity index (χ2v) is 5.66. The molecule has 5 heteroatoms. The molecular formula is C14H24BNO3. The average molecular weight is 265 g/mol. The Hall–Kier alpha value is -1.04. The van der Waals surface area contributed by atoms with Crippen LogP contribution in [0.4, 0.5) is 5.69 Å². The Morgan fingerprint density at radius 3 is 1.68 bits per heavy atom. The Morgan fingerprint density at radius 2 is 1.32 bits per heavy atom. The molecule has 1 aliphatic heterocycles. The van der Waals surface area contributed by atoms with Crippen molar-refractivity contribution in [2.24, 2.45) is 0 Å². The quantitative estimate of drug-likeness (QED) is 0.621. The first-order valence-corrected chi connectivity index (χ1v) is 6.34. The van der Waals surface area contributed by atoms with Gasteiger partial charge in [-0.2, -0.15) is 0 Å². The highest BCUT2D eigenvalue weighted by atomic mass is 16.7. The topological polar surface area (TPSA) is 53.7 Å². The van der Waals surface area contributed by atoms with Crippen LogP contribution >= 0.6 is 0 Å². The lowest BCUT2D eigenvalue weighted by atomic mass is 9.79. The van der Waals surface area contributed by atoms with E-state index in [4.69, 9.17) is 15.0 Å². The minimum atomic E-state index is -0.300. The van der Waals surface area contributed by atoms with E-state index in [1.807, 2.05) is 52.0 Å². The van der Waals surface area contributed by atoms with Gasteiger partial charge in [0, 0.05) is 19.9 Å². The summed E-state index contributed by atoms with van der Waals surface area (Å²) in [6.45, 7) is 8.18. The molecular weight excluding hydrogens is 241 g/mol. The molecule has 0 radical (unpaired) electrons. The van der Waals surface area contributed by atoms with Crippen LogP contribution in [0.5, 0.6) is 0 Å². The fraction of sp³-hybridized carbons (Fsp3) is 0.571. The Labute approximate surface area is 116 Å². The van der Waals surface area contributed by atoms with Crippen LogP contribution < -0.4 is 11.2 Å². The van der Waals surface area contributed by atoms with Crippen molar-refractivity contribution in [3.63, 3.8) is 0 Å². The normalized spacial score (nSPS) is 19.8. The summed E-state index contributed by atoms with van der Waals surface area (Å²) in [5.74, 6) is 0. The standard InChI is InChI=1S/C12H18BNO2.C2H6O/c1-11(2)12(3,4)16-13(15-11)9-5-7-10(14)8-6-9;1-3-2/h5-8H,14H2,1-4H3;1-2H3. The molecule has 0 unspecified atom stereocenters. The molecule has 1 heterocycles. The summed E-state index contributed by atoms with van der Waals surface area (Å²) in [4.78, 5) is 0. The summed E-state index contributed by atoms with van der Waals surface area (Å²) < 4.78 is 16.1. The maximum atomic E-state index is 5.93. The number of benzene rings is 1. The molecule has 1 aromatic carbocycles. The van der Waals surface area contributed by atoms with Gasteiger partial charge in [-0.1, -0.05) is 12.1 Å². The maximum Gasteiger partial charge on any atom is 0.494 e. The first-order valence-electron chi connectivity index (χ1n) is 6.34. The third kappa shape index (κ3) is 3.72. The van der Waals surface area contributed by atoms with Crippen molar-refractivity contribution >= 4 is 18.3 Å². The number of anilines is 1. The van der Waals surface area contributed by atoms with E-state index in [0.717, 1.165) is 11.2 Å². The van der Waals surface area contributed by atoms with Gasteiger partial charge in [-0.3, -0.25) is 0 Å². The number of nitrogen functional groups attached to an aromatic ring is 1. The van der Waals surface area contributed by atoms with Gasteiger partial charge in [0.1, 0.15) is 0 Å². The molecule has 0 spiro atoms. The zero-order valence-electron chi connectivity index (χ0n) is 12.7. The van der Waals surface area contributed by atoms with E-state index < -0.39 is 0 Å². The number of hydrogen-bond acceptors (Lipinski definition) is 4. The van der Waals surface area contributed by atoms with Crippen molar-refractivity contribution in [1.29, 1.82) is 0 Å². The highest BCUT2D eigenvalue weighted by Crippen LogP contribution is 2.36. The first kappa shape index (κ1) is 16.0. The molecule has 0 amide bonds. The molecule has 1 aromatic rings. The van der Waals surface area contributed by atoms with Crippen LogP contribution in [-0.4, -0.2) is 32.5 Å². The van der Waals surface area contributed by atoms with Gasteiger partial charge >= 0.3 is 7.12 Å². The molecule has 2 rings (SSSR count). The molecule has 1 fully saturated rings. The lowest BCUT2D eigenvalue weighted by Gasteiger charge is -2.32. The zero-order chi connectivity index (χ0) is 14.7. The smallest absolute Gasteiger partial charge is 0.399 e. The predicted molar refractivity (Wildman–Crippen MR) is 79.5 cm³/mol. The minimum absolute atomic E-state index is 0.293. The van der Waals surface area contributed by atoms with E-state index >= 15 is 0 Å². The molecule has 1 saturated heterocycles. The van der Waals surface area contributed by atoms with Gasteiger partial charge in [0.15, 0.2) is 0 Å². The predicted octanol–water partition coefficient (Wildman–Crippen LogP) is 1.83. The lowest BCUT2D eigenvalue weighted by molar-refractivity contribution is 0.00578. The number of nitrogens with two attached hydrogens (primary N) is 1. The number of methoxy groups -OCH3 is 1. The van der Waals surface area contributed by atoms with Crippen LogP contribution in [-0.2, 0) is 14.0 Å². The molecule has 0 saturated carbocycles. The first-order chi connectivity index (χ1) is 8.73. The molecule has 1 aliphatic rings. The van der Waals surface area contributed by atoms with Gasteiger partial charge in [-0.15, -0.1) is 0 Å². The second-order valence-electron chi connectivity index (χ2n) is 5.66. The average Bonchev–Trinajstić information content (AvgIpc) is 2.50. The minimum Gasteiger partial charge on any atom is -0.399 e. The Kier molecular flexibility index (Phi) is 5.01. The van der Waals surface area contributed by atoms with Gasteiger partial charge in [0.05, 0.1) is 11.2 Å². The summed E-state index contributed by atoms with van der Waals surface area (Å²) >= 11 is 0. The van der Waals surface area contributed by atoms with Crippen LogP contribution in [0.3, 0.4) is 0 Å². The van der Waals surface area contributed by atoms with Gasteiger partial charge in [0.2, 0.25) is 0 Å². The van der Waals surface area contributed by atoms with E-state index in [2.05, 4.69) is 4.74 Å². The van der Waals surface area contributed by atoms with E-state index in [0.29, 0.717) is 0 Å². The van der Waals surface area contributed by atoms with Crippen molar-refractivity contribution in [2.75, 3.05) is 20.0 Å². The monoisotopic (exact) mass is 265 g/mol. The maximum absolute atomic E-state index is 5.93. The van der Waals surface area contributed by atoms with E-state index in [-0.39, 0.29) is 18.3 Å². The van der Waals surface area contributed by atoms with Gasteiger partial charge < -0.3 is 19.8 Å². The largest absolute Gasteiger partial charge is 0.494 e. The fourth-order valence-corrected chi connectivity index (χ4v) is 1.63. The molecule has 0 aromatic heterocycles. The summed E-state index contributed by atoms with van der Waals surface area (Å²) in [6, 6.07) is 7.61. The van der Waals surface area contributed by atoms with E-state index in [1.165, 1.54) is 0 Å². The highest BCUT2D eigenvalue weighted by Gasteiger charge is 2.51. The summed E-state index contributed by atoms with van der Waals surface area (Å²) in [6.07, 6.45) is 0. The van der Waals surface area contributed by atoms with Crippen LogP contribution in [0, 0.1) is 0 Å². The highest BCUT2D eigenvalue weighted by molar-refractivity contribution is 6.62. The van der Waals surface area contributed by atoms with Gasteiger partial charge in [0.25, 0.3) is 0 Å². The van der Waals surface area contributed by atoms with Crippen LogP contribution in [0.1, 0.15) is 27.7 Å². The van der Waals surface area contributed by atoms with E-state index in [9.17, 15) is 0 Å². The number of hydrogen-bond donors (Lipinski definition) is 1. The molecule has 4 nitrogen and oxygen atoms in total. The van der Waals surface area contributed by atoms with Crippen molar-refractivity contribution < 1.29 is 14.0 Å². The molecule has 0 atom stereocenters. The summed E-state index contributed by atoms with van der Waals surface area (Å²) in [7, 11) is 2.95. The van der Waals surface area contributed by atoms with Crippen LogP contribution in [0.2, 0.25) is 0 Å². The molecule has 0 aliphatic carbocycles. The SMILES string of the molecule is CC1(C)OB(c2ccc(N)cc2)OC1(C)C.COC. The molecule has 0 bridgehead atoms.